The van der Waals surface area contributed by atoms with Gasteiger partial charge in [0.1, 0.15) is 0 Å². The van der Waals surface area contributed by atoms with E-state index >= 15 is 0 Å². The number of hydrogen-bond donors (Lipinski definition) is 0. The minimum absolute atomic E-state index is 0.0617. The van der Waals surface area contributed by atoms with Crippen molar-refractivity contribution in [3.05, 3.63) is 28.8 Å². The molecule has 1 atom stereocenters. The van der Waals surface area contributed by atoms with E-state index in [1.54, 1.807) is 10.8 Å². The van der Waals surface area contributed by atoms with Crippen molar-refractivity contribution in [2.45, 2.75) is 51.1 Å². The van der Waals surface area contributed by atoms with Gasteiger partial charge in [0.15, 0.2) is 5.65 Å². The van der Waals surface area contributed by atoms with Crippen molar-refractivity contribution >= 4 is 21.4 Å². The molecule has 0 aromatic carbocycles. The Hall–Kier alpha value is -1.71. The van der Waals surface area contributed by atoms with Gasteiger partial charge < -0.3 is 0 Å². The summed E-state index contributed by atoms with van der Waals surface area (Å²) in [7, 11) is -0.407. The van der Waals surface area contributed by atoms with Crippen molar-refractivity contribution < 1.29 is 8.42 Å². The fourth-order valence-corrected chi connectivity index (χ4v) is 5.76. The molecule has 0 bridgehead atoms. The first-order valence-corrected chi connectivity index (χ1v) is 11.5. The van der Waals surface area contributed by atoms with E-state index < -0.39 is 10.2 Å². The summed E-state index contributed by atoms with van der Waals surface area (Å²) in [5.74, 6) is 0.528. The summed E-state index contributed by atoms with van der Waals surface area (Å²) in [5, 5.41) is 0. The molecule has 4 rings (SSSR count). The van der Waals surface area contributed by atoms with Crippen molar-refractivity contribution in [2.24, 2.45) is 5.92 Å². The van der Waals surface area contributed by atoms with Crippen LogP contribution in [0.4, 0.5) is 0 Å². The number of aromatic nitrogens is 3. The molecule has 0 spiro atoms. The molecule has 0 amide bonds. The zero-order valence-electron chi connectivity index (χ0n) is 16.6. The molecule has 9 heteroatoms. The third-order valence-electron chi connectivity index (χ3n) is 6.17. The highest BCUT2D eigenvalue weighted by Gasteiger charge is 2.35. The van der Waals surface area contributed by atoms with Crippen LogP contribution >= 0.6 is 0 Å². The summed E-state index contributed by atoms with van der Waals surface area (Å²) in [6.45, 7) is 1.44. The van der Waals surface area contributed by atoms with E-state index in [9.17, 15) is 13.2 Å². The molecule has 2 fully saturated rings. The van der Waals surface area contributed by atoms with Gasteiger partial charge in [0.05, 0.1) is 11.6 Å². The van der Waals surface area contributed by atoms with Crippen LogP contribution in [0.2, 0.25) is 0 Å². The predicted molar refractivity (Wildman–Crippen MR) is 108 cm³/mol. The standard InChI is InChI=1S/C19H29N5O3S/c1-21(2)28(26,27)22-12-10-16(14-22)24-18-17(9-6-11-20-18)23(19(24)25)13-15-7-4-3-5-8-15/h6,9,11,15-16H,3-5,7-8,10,12-14H2,1-2H3. The van der Waals surface area contributed by atoms with Gasteiger partial charge in [0, 0.05) is 39.9 Å². The molecule has 28 heavy (non-hydrogen) atoms. The normalized spacial score (nSPS) is 22.5. The van der Waals surface area contributed by atoms with Crippen LogP contribution < -0.4 is 5.69 Å². The van der Waals surface area contributed by atoms with Gasteiger partial charge in [-0.25, -0.2) is 9.78 Å². The summed E-state index contributed by atoms with van der Waals surface area (Å²) in [6.07, 6.45) is 8.40. The molecular weight excluding hydrogens is 378 g/mol. The lowest BCUT2D eigenvalue weighted by Crippen LogP contribution is -2.39. The molecule has 0 N–H and O–H groups in total. The number of pyridine rings is 1. The van der Waals surface area contributed by atoms with Crippen molar-refractivity contribution in [1.82, 2.24) is 22.7 Å². The second kappa shape index (κ2) is 7.61. The molecule has 3 heterocycles. The van der Waals surface area contributed by atoms with E-state index in [2.05, 4.69) is 4.98 Å². The van der Waals surface area contributed by atoms with Gasteiger partial charge in [-0.3, -0.25) is 9.13 Å². The van der Waals surface area contributed by atoms with Crippen molar-refractivity contribution in [1.29, 1.82) is 0 Å². The first kappa shape index (κ1) is 19.6. The largest absolute Gasteiger partial charge is 0.330 e. The first-order valence-electron chi connectivity index (χ1n) is 10.1. The van der Waals surface area contributed by atoms with Crippen LogP contribution in [0.3, 0.4) is 0 Å². The van der Waals surface area contributed by atoms with Crippen molar-refractivity contribution in [2.75, 3.05) is 27.2 Å². The summed E-state index contributed by atoms with van der Waals surface area (Å²) < 4.78 is 31.2. The molecular formula is C19H29N5O3S. The summed E-state index contributed by atoms with van der Waals surface area (Å²) in [6, 6.07) is 3.63. The van der Waals surface area contributed by atoms with Crippen LogP contribution in [0.5, 0.6) is 0 Å². The highest BCUT2D eigenvalue weighted by atomic mass is 32.2. The van der Waals surface area contributed by atoms with Gasteiger partial charge in [-0.1, -0.05) is 19.3 Å². The maximum absolute atomic E-state index is 13.3. The van der Waals surface area contributed by atoms with Crippen LogP contribution in [-0.2, 0) is 16.8 Å². The quantitative estimate of drug-likeness (QED) is 0.757. The number of imidazole rings is 1. The molecule has 1 saturated heterocycles. The SMILES string of the molecule is CN(C)S(=O)(=O)N1CCC(n2c(=O)n(CC3CCCCC3)c3cccnc32)C1. The van der Waals surface area contributed by atoms with Crippen LogP contribution in [0, 0.1) is 5.92 Å². The molecule has 2 aliphatic rings. The second-order valence-corrected chi connectivity index (χ2v) is 10.3. The Kier molecular flexibility index (Phi) is 5.32. The Morgan fingerprint density at radius 1 is 1.18 bits per heavy atom. The third kappa shape index (κ3) is 3.40. The number of rotatable bonds is 5. The minimum Gasteiger partial charge on any atom is -0.290 e. The van der Waals surface area contributed by atoms with Crippen LogP contribution in [0.1, 0.15) is 44.6 Å². The predicted octanol–water partition coefficient (Wildman–Crippen LogP) is 1.83. The summed E-state index contributed by atoms with van der Waals surface area (Å²) in [5.41, 5.74) is 1.46. The first-order chi connectivity index (χ1) is 13.4. The maximum Gasteiger partial charge on any atom is 0.330 e. The topological polar surface area (TPSA) is 80.4 Å². The molecule has 1 aliphatic carbocycles. The minimum atomic E-state index is -3.48. The number of fused-ring (bicyclic) bond motifs is 1. The Morgan fingerprint density at radius 3 is 2.64 bits per heavy atom. The van der Waals surface area contributed by atoms with Gasteiger partial charge >= 0.3 is 5.69 Å². The average molecular weight is 408 g/mol. The smallest absolute Gasteiger partial charge is 0.290 e. The third-order valence-corrected chi connectivity index (χ3v) is 8.07. The maximum atomic E-state index is 13.3. The van der Waals surface area contributed by atoms with E-state index in [1.807, 2.05) is 16.7 Å². The second-order valence-electron chi connectivity index (χ2n) is 8.20. The van der Waals surface area contributed by atoms with Gasteiger partial charge in [-0.05, 0) is 37.3 Å². The van der Waals surface area contributed by atoms with Crippen molar-refractivity contribution in [3.63, 3.8) is 0 Å². The molecule has 0 radical (unpaired) electrons. The van der Waals surface area contributed by atoms with E-state index in [0.717, 1.165) is 24.9 Å². The number of hydrogen-bond acceptors (Lipinski definition) is 4. The molecule has 1 unspecified atom stereocenters. The van der Waals surface area contributed by atoms with Crippen LogP contribution in [0.25, 0.3) is 11.2 Å². The molecule has 2 aromatic rings. The van der Waals surface area contributed by atoms with Crippen molar-refractivity contribution in [3.8, 4) is 0 Å². The van der Waals surface area contributed by atoms with E-state index in [1.165, 1.54) is 42.0 Å². The van der Waals surface area contributed by atoms with Gasteiger partial charge in [0.2, 0.25) is 0 Å². The van der Waals surface area contributed by atoms with Crippen LogP contribution in [-0.4, -0.2) is 58.3 Å². The lowest BCUT2D eigenvalue weighted by Gasteiger charge is -2.22. The molecule has 154 valence electrons. The summed E-state index contributed by atoms with van der Waals surface area (Å²) in [4.78, 5) is 17.8. The zero-order chi connectivity index (χ0) is 19.9. The fraction of sp³-hybridized carbons (Fsp3) is 0.684. The molecule has 1 aliphatic heterocycles. The molecule has 1 saturated carbocycles. The van der Waals surface area contributed by atoms with Gasteiger partial charge in [0.25, 0.3) is 10.2 Å². The Morgan fingerprint density at radius 2 is 1.93 bits per heavy atom. The fourth-order valence-electron chi connectivity index (χ4n) is 4.60. The monoisotopic (exact) mass is 407 g/mol. The van der Waals surface area contributed by atoms with Gasteiger partial charge in [-0.15, -0.1) is 0 Å². The average Bonchev–Trinajstić information content (AvgIpc) is 3.27. The Balaban J connectivity index is 1.68. The Labute approximate surface area is 165 Å². The van der Waals surface area contributed by atoms with E-state index in [0.29, 0.717) is 31.1 Å². The highest BCUT2D eigenvalue weighted by Crippen LogP contribution is 2.29. The Bertz CT molecular complexity index is 1000. The lowest BCUT2D eigenvalue weighted by atomic mass is 9.89. The van der Waals surface area contributed by atoms with E-state index in [4.69, 9.17) is 0 Å². The number of nitrogens with zero attached hydrogens (tertiary/aromatic N) is 5. The summed E-state index contributed by atoms with van der Waals surface area (Å²) >= 11 is 0. The van der Waals surface area contributed by atoms with Gasteiger partial charge in [-0.2, -0.15) is 17.0 Å². The molecule has 2 aromatic heterocycles. The van der Waals surface area contributed by atoms with E-state index in [-0.39, 0.29) is 11.7 Å². The highest BCUT2D eigenvalue weighted by molar-refractivity contribution is 7.86. The van der Waals surface area contributed by atoms with Crippen LogP contribution in [0.15, 0.2) is 23.1 Å². The lowest BCUT2D eigenvalue weighted by molar-refractivity contribution is 0.317. The zero-order valence-corrected chi connectivity index (χ0v) is 17.4. The molecule has 8 nitrogen and oxygen atoms in total.